The number of carbonyl (C=O) groups is 1. The van der Waals surface area contributed by atoms with Crippen molar-refractivity contribution in [2.45, 2.75) is 43.4 Å². The van der Waals surface area contributed by atoms with Crippen LogP contribution in [0.4, 0.5) is 0 Å². The van der Waals surface area contributed by atoms with Crippen LogP contribution in [0.5, 0.6) is 0 Å². The summed E-state index contributed by atoms with van der Waals surface area (Å²) < 4.78 is 25.4. The summed E-state index contributed by atoms with van der Waals surface area (Å²) >= 11 is 0. The lowest BCUT2D eigenvalue weighted by molar-refractivity contribution is -0.0503. The van der Waals surface area contributed by atoms with Crippen molar-refractivity contribution in [1.29, 1.82) is 0 Å². The van der Waals surface area contributed by atoms with Crippen LogP contribution in [0.15, 0.2) is 29.2 Å². The summed E-state index contributed by atoms with van der Waals surface area (Å²) in [4.78, 5) is 12.8. The number of carbonyl (C=O) groups excluding carboxylic acids is 1. The van der Waals surface area contributed by atoms with Crippen molar-refractivity contribution in [2.24, 2.45) is 23.2 Å². The topological polar surface area (TPSA) is 66.5 Å². The molecule has 0 spiro atoms. The number of amides is 1. The minimum Gasteiger partial charge on any atom is -0.351 e. The van der Waals surface area contributed by atoms with E-state index in [9.17, 15) is 13.2 Å². The van der Waals surface area contributed by atoms with Gasteiger partial charge in [0.25, 0.3) is 5.91 Å². The molecule has 26 heavy (non-hydrogen) atoms. The van der Waals surface area contributed by atoms with Gasteiger partial charge in [-0.15, -0.1) is 0 Å². The Balaban J connectivity index is 1.41. The Morgan fingerprint density at radius 3 is 2.00 bits per heavy atom. The van der Waals surface area contributed by atoms with Gasteiger partial charge in [0.15, 0.2) is 0 Å². The maximum absolute atomic E-state index is 12.6. The van der Waals surface area contributed by atoms with Gasteiger partial charge in [-0.2, -0.15) is 0 Å². The molecule has 1 aromatic carbocycles. The Labute approximate surface area is 156 Å². The van der Waals surface area contributed by atoms with Crippen LogP contribution < -0.4 is 5.32 Å². The highest BCUT2D eigenvalue weighted by atomic mass is 32.2. The molecule has 0 saturated heterocycles. The largest absolute Gasteiger partial charge is 0.351 e. The van der Waals surface area contributed by atoms with E-state index in [1.54, 1.807) is 12.1 Å². The van der Waals surface area contributed by atoms with Gasteiger partial charge in [0.2, 0.25) is 10.0 Å². The SMILES string of the molecule is CN(C)S(=O)(=O)c1ccc(C(=O)NCC23CC4CC(CC(C4)C2)C3)cc1. The van der Waals surface area contributed by atoms with Crippen molar-refractivity contribution in [3.05, 3.63) is 29.8 Å². The highest BCUT2D eigenvalue weighted by molar-refractivity contribution is 7.89. The van der Waals surface area contributed by atoms with Gasteiger partial charge in [-0.1, -0.05) is 0 Å². The summed E-state index contributed by atoms with van der Waals surface area (Å²) in [6.45, 7) is 0.757. The molecule has 0 heterocycles. The minimum absolute atomic E-state index is 0.102. The summed E-state index contributed by atoms with van der Waals surface area (Å²) in [7, 11) is -0.458. The fraction of sp³-hybridized carbons (Fsp3) is 0.650. The van der Waals surface area contributed by atoms with Crippen LogP contribution in [0.1, 0.15) is 48.9 Å². The molecule has 4 fully saturated rings. The lowest BCUT2D eigenvalue weighted by Gasteiger charge is -2.56. The second-order valence-corrected chi connectivity index (χ2v) is 11.1. The molecule has 0 radical (unpaired) electrons. The number of benzene rings is 1. The molecule has 142 valence electrons. The minimum atomic E-state index is -3.46. The Bertz CT molecular complexity index is 764. The van der Waals surface area contributed by atoms with Crippen molar-refractivity contribution < 1.29 is 13.2 Å². The van der Waals surface area contributed by atoms with Crippen LogP contribution >= 0.6 is 0 Å². The molecular weight excluding hydrogens is 348 g/mol. The smallest absolute Gasteiger partial charge is 0.251 e. The summed E-state index contributed by atoms with van der Waals surface area (Å²) in [5, 5.41) is 3.14. The fourth-order valence-corrected chi connectivity index (χ4v) is 6.77. The normalized spacial score (nSPS) is 32.8. The number of rotatable bonds is 5. The predicted octanol–water partition coefficient (Wildman–Crippen LogP) is 2.88. The van der Waals surface area contributed by atoms with Gasteiger partial charge < -0.3 is 5.32 Å². The Hall–Kier alpha value is -1.40. The Kier molecular flexibility index (Phi) is 4.39. The second kappa shape index (κ2) is 6.34. The first-order chi connectivity index (χ1) is 12.3. The highest BCUT2D eigenvalue weighted by Gasteiger charge is 2.50. The quantitative estimate of drug-likeness (QED) is 0.859. The van der Waals surface area contributed by atoms with Gasteiger partial charge in [0, 0.05) is 26.2 Å². The number of hydrogen-bond acceptors (Lipinski definition) is 3. The van der Waals surface area contributed by atoms with Gasteiger partial charge in [-0.25, -0.2) is 12.7 Å². The number of hydrogen-bond donors (Lipinski definition) is 1. The maximum atomic E-state index is 12.6. The molecule has 0 aromatic heterocycles. The average molecular weight is 377 g/mol. The first kappa shape index (κ1) is 18.0. The molecule has 0 atom stereocenters. The molecule has 1 amide bonds. The van der Waals surface area contributed by atoms with Crippen LogP contribution in [-0.2, 0) is 10.0 Å². The van der Waals surface area contributed by atoms with E-state index in [0.29, 0.717) is 11.0 Å². The highest BCUT2D eigenvalue weighted by Crippen LogP contribution is 2.59. The molecular formula is C20H28N2O3S. The lowest BCUT2D eigenvalue weighted by Crippen LogP contribution is -2.51. The average Bonchev–Trinajstić information content (AvgIpc) is 2.58. The zero-order chi connectivity index (χ0) is 18.5. The van der Waals surface area contributed by atoms with E-state index in [2.05, 4.69) is 5.32 Å². The summed E-state index contributed by atoms with van der Waals surface area (Å²) in [5.41, 5.74) is 0.825. The number of nitrogens with zero attached hydrogens (tertiary/aromatic N) is 1. The van der Waals surface area contributed by atoms with Crippen molar-refractivity contribution >= 4 is 15.9 Å². The Morgan fingerprint density at radius 1 is 1.04 bits per heavy atom. The third-order valence-electron chi connectivity index (χ3n) is 6.68. The molecule has 4 aliphatic carbocycles. The molecule has 4 saturated carbocycles. The van der Waals surface area contributed by atoms with E-state index in [0.717, 1.165) is 24.3 Å². The zero-order valence-electron chi connectivity index (χ0n) is 15.6. The van der Waals surface area contributed by atoms with Crippen LogP contribution in [0, 0.1) is 23.2 Å². The number of nitrogens with one attached hydrogen (secondary N) is 1. The van der Waals surface area contributed by atoms with Gasteiger partial charge in [-0.3, -0.25) is 4.79 Å². The zero-order valence-corrected chi connectivity index (χ0v) is 16.4. The van der Waals surface area contributed by atoms with E-state index in [1.165, 1.54) is 69.1 Å². The van der Waals surface area contributed by atoms with Crippen molar-refractivity contribution in [3.63, 3.8) is 0 Å². The first-order valence-corrected chi connectivity index (χ1v) is 11.0. The van der Waals surface area contributed by atoms with Crippen molar-refractivity contribution in [1.82, 2.24) is 9.62 Å². The third-order valence-corrected chi connectivity index (χ3v) is 8.51. The van der Waals surface area contributed by atoms with Gasteiger partial charge in [0.1, 0.15) is 0 Å². The monoisotopic (exact) mass is 376 g/mol. The summed E-state index contributed by atoms with van der Waals surface area (Å²) in [6.07, 6.45) is 7.98. The maximum Gasteiger partial charge on any atom is 0.251 e. The van der Waals surface area contributed by atoms with E-state index >= 15 is 0 Å². The molecule has 0 aliphatic heterocycles. The van der Waals surface area contributed by atoms with Crippen LogP contribution in [0.2, 0.25) is 0 Å². The van der Waals surface area contributed by atoms with Crippen LogP contribution in [0.25, 0.3) is 0 Å². The van der Waals surface area contributed by atoms with Crippen molar-refractivity contribution in [3.8, 4) is 0 Å². The van der Waals surface area contributed by atoms with Gasteiger partial charge in [0.05, 0.1) is 4.90 Å². The molecule has 4 bridgehead atoms. The molecule has 1 N–H and O–H groups in total. The summed E-state index contributed by atoms with van der Waals surface area (Å²) in [5.74, 6) is 2.51. The lowest BCUT2D eigenvalue weighted by atomic mass is 9.49. The van der Waals surface area contributed by atoms with E-state index < -0.39 is 10.0 Å². The standard InChI is InChI=1S/C20H28N2O3S/c1-22(2)26(24,25)18-5-3-17(4-6-18)19(23)21-13-20-10-14-7-15(11-20)9-16(8-14)12-20/h3-6,14-16H,7-13H2,1-2H3,(H,21,23). The molecule has 5 rings (SSSR count). The fourth-order valence-electron chi connectivity index (χ4n) is 5.87. The number of sulfonamides is 1. The van der Waals surface area contributed by atoms with E-state index in [-0.39, 0.29) is 10.8 Å². The summed E-state index contributed by atoms with van der Waals surface area (Å²) in [6, 6.07) is 6.22. The molecule has 1 aromatic rings. The first-order valence-electron chi connectivity index (χ1n) is 9.58. The molecule has 4 aliphatic rings. The Morgan fingerprint density at radius 2 is 1.54 bits per heavy atom. The van der Waals surface area contributed by atoms with E-state index in [4.69, 9.17) is 0 Å². The van der Waals surface area contributed by atoms with E-state index in [1.807, 2.05) is 0 Å². The third kappa shape index (κ3) is 3.18. The molecule has 6 heteroatoms. The molecule has 5 nitrogen and oxygen atoms in total. The van der Waals surface area contributed by atoms with Gasteiger partial charge in [-0.05, 0) is 86.0 Å². The van der Waals surface area contributed by atoms with Crippen molar-refractivity contribution in [2.75, 3.05) is 20.6 Å². The van der Waals surface area contributed by atoms with Crippen LogP contribution in [-0.4, -0.2) is 39.3 Å². The predicted molar refractivity (Wildman–Crippen MR) is 100 cm³/mol. The second-order valence-electron chi connectivity index (χ2n) is 8.91. The molecule has 0 unspecified atom stereocenters. The van der Waals surface area contributed by atoms with Crippen LogP contribution in [0.3, 0.4) is 0 Å². The van der Waals surface area contributed by atoms with Gasteiger partial charge >= 0.3 is 0 Å².